The fraction of sp³-hybridized carbons (Fsp3) is 0.467. The first-order chi connectivity index (χ1) is 30.5. The van der Waals surface area contributed by atoms with Gasteiger partial charge in [-0.3, -0.25) is 29.1 Å². The lowest BCUT2D eigenvalue weighted by molar-refractivity contribution is -0.120. The van der Waals surface area contributed by atoms with Crippen LogP contribution in [0.2, 0.25) is 0 Å². The summed E-state index contributed by atoms with van der Waals surface area (Å²) in [6, 6.07) is 12.7. The molecule has 14 nitrogen and oxygen atoms in total. The number of fused-ring (bicyclic) bond motifs is 2. The number of nitrogens with zero attached hydrogens (tertiary/aromatic N) is 8. The monoisotopic (exact) mass is 880 g/mol. The number of urea groups is 1. The van der Waals surface area contributed by atoms with Crippen molar-refractivity contribution in [3.63, 3.8) is 0 Å². The van der Waals surface area contributed by atoms with Crippen molar-refractivity contribution < 1.29 is 27.5 Å². The van der Waals surface area contributed by atoms with E-state index in [2.05, 4.69) is 25.0 Å². The van der Waals surface area contributed by atoms with Crippen LogP contribution in [0.15, 0.2) is 53.6 Å². The Morgan fingerprint density at radius 2 is 1.73 bits per heavy atom. The molecule has 5 fully saturated rings. The highest BCUT2D eigenvalue weighted by atomic mass is 32.2. The zero-order valence-electron chi connectivity index (χ0n) is 34.8. The average Bonchev–Trinajstić information content (AvgIpc) is 3.84. The molecule has 2 aliphatic carbocycles. The molecule has 0 bridgehead atoms. The summed E-state index contributed by atoms with van der Waals surface area (Å²) in [4.78, 5) is 46.7. The number of ether oxygens (including phenoxy) is 1. The minimum atomic E-state index is -0.911. The van der Waals surface area contributed by atoms with Gasteiger partial charge in [-0.05, 0) is 130 Å². The van der Waals surface area contributed by atoms with Crippen LogP contribution in [0.4, 0.5) is 29.5 Å². The lowest BCUT2D eigenvalue weighted by Gasteiger charge is -2.54. The number of imide groups is 1. The third-order valence-corrected chi connectivity index (χ3v) is 15.0. The van der Waals surface area contributed by atoms with E-state index in [1.807, 2.05) is 12.1 Å². The molecule has 5 heterocycles. The largest absolute Gasteiger partial charge is 0.453 e. The van der Waals surface area contributed by atoms with E-state index in [9.17, 15) is 24.0 Å². The van der Waals surface area contributed by atoms with Crippen molar-refractivity contribution in [1.29, 1.82) is 5.26 Å². The second kappa shape index (κ2) is 16.5. The molecule has 18 heteroatoms. The first kappa shape index (κ1) is 41.4. The fourth-order valence-corrected chi connectivity index (χ4v) is 11.3. The van der Waals surface area contributed by atoms with Crippen molar-refractivity contribution in [2.75, 3.05) is 42.3 Å². The Bertz CT molecular complexity index is 2730. The van der Waals surface area contributed by atoms with Gasteiger partial charge in [-0.25, -0.2) is 27.3 Å². The summed E-state index contributed by atoms with van der Waals surface area (Å²) < 4.78 is 58.8. The summed E-state index contributed by atoms with van der Waals surface area (Å²) in [5.74, 6) is -0.995. The molecule has 2 N–H and O–H groups in total. The quantitative estimate of drug-likeness (QED) is 0.139. The Labute approximate surface area is 365 Å². The van der Waals surface area contributed by atoms with Crippen LogP contribution >= 0.6 is 12.1 Å². The molecular formula is C45H47F3N10O4S. The van der Waals surface area contributed by atoms with Crippen LogP contribution < -0.4 is 25.2 Å². The van der Waals surface area contributed by atoms with E-state index >= 15 is 8.78 Å². The van der Waals surface area contributed by atoms with Gasteiger partial charge in [0.15, 0.2) is 17.4 Å². The predicted molar refractivity (Wildman–Crippen MR) is 232 cm³/mol. The number of halogens is 3. The van der Waals surface area contributed by atoms with Gasteiger partial charge in [0.1, 0.15) is 29.4 Å². The van der Waals surface area contributed by atoms with Crippen LogP contribution in [0.25, 0.3) is 21.8 Å². The SMILES string of the molecule is Cn1nc(N2CCC(=O)NC2=O)c2cc(F)c(C3CCC(N4CCC5(CC4)CC(n4cnc6ccc(Oc7c(F)ccc(NSN8CCC(F)C8)c7C#N)cc6c4=O)C5)CC3)cc21. The molecule has 3 aliphatic heterocycles. The standard InChI is InChI=1S/C45H47F3N10O4S/c1-54-39-20-31(36(48)19-33(39)42(52-54)57-15-11-40(59)51-44(57)61)26-2-4-28(5-3-26)55-16-12-45(13-17-55)21-29(22-45)58-25-50-37-8-6-30(18-32(37)43(58)60)62-41-34(23-49)38(9-7-35(41)47)53-63-56-14-10-27(46)24-56/h6-9,18-20,25-29,53H,2-5,10-17,21-22,24H2,1H3,(H,51,59,61). The van der Waals surface area contributed by atoms with Crippen molar-refractivity contribution in [3.05, 3.63) is 81.9 Å². The number of likely N-dealkylation sites (tertiary alicyclic amines) is 1. The zero-order chi connectivity index (χ0) is 43.6. The number of anilines is 2. The first-order valence-corrected chi connectivity index (χ1v) is 22.5. The van der Waals surface area contributed by atoms with Gasteiger partial charge in [0.2, 0.25) is 5.91 Å². The van der Waals surface area contributed by atoms with Crippen molar-refractivity contribution in [2.45, 2.75) is 88.4 Å². The highest BCUT2D eigenvalue weighted by Gasteiger charge is 2.48. The minimum absolute atomic E-state index is 0.0103. The maximum absolute atomic E-state index is 15.8. The number of amides is 3. The molecule has 1 unspecified atom stereocenters. The number of alkyl halides is 1. The fourth-order valence-electron chi connectivity index (χ4n) is 10.5. The van der Waals surface area contributed by atoms with Crippen LogP contribution in [-0.4, -0.2) is 85.4 Å². The number of aromatic nitrogens is 4. The average molecular weight is 881 g/mol. The molecule has 3 saturated heterocycles. The minimum Gasteiger partial charge on any atom is -0.453 e. The van der Waals surface area contributed by atoms with Crippen molar-refractivity contribution in [1.82, 2.24) is 33.9 Å². The number of benzene rings is 3. The van der Waals surface area contributed by atoms with E-state index in [1.54, 1.807) is 45.1 Å². The molecular weight excluding hydrogens is 834 g/mol. The molecule has 3 aromatic carbocycles. The van der Waals surface area contributed by atoms with Crippen molar-refractivity contribution in [3.8, 4) is 17.6 Å². The van der Waals surface area contributed by atoms with Crippen LogP contribution in [0, 0.1) is 28.4 Å². The van der Waals surface area contributed by atoms with E-state index < -0.39 is 18.0 Å². The van der Waals surface area contributed by atoms with Gasteiger partial charge in [-0.2, -0.15) is 10.4 Å². The van der Waals surface area contributed by atoms with E-state index in [-0.39, 0.29) is 71.2 Å². The molecule has 0 radical (unpaired) electrons. The number of aryl methyl sites for hydroxylation is 1. The zero-order valence-corrected chi connectivity index (χ0v) is 35.6. The lowest BCUT2D eigenvalue weighted by Crippen LogP contribution is -2.51. The van der Waals surface area contributed by atoms with Gasteiger partial charge in [-0.15, -0.1) is 0 Å². The Kier molecular flexibility index (Phi) is 10.8. The molecule has 3 amide bonds. The van der Waals surface area contributed by atoms with Gasteiger partial charge in [-0.1, -0.05) is 0 Å². The van der Waals surface area contributed by atoms with Gasteiger partial charge >= 0.3 is 6.03 Å². The highest BCUT2D eigenvalue weighted by molar-refractivity contribution is 7.98. The summed E-state index contributed by atoms with van der Waals surface area (Å²) in [5.41, 5.74) is 2.17. The normalized spacial score (nSPS) is 23.3. The number of hydrogen-bond donors (Lipinski definition) is 2. The molecule has 2 aromatic heterocycles. The topological polar surface area (TPSA) is 154 Å². The molecule has 2 saturated carbocycles. The Balaban J connectivity index is 0.752. The summed E-state index contributed by atoms with van der Waals surface area (Å²) in [6.07, 6.45) is 8.86. The molecule has 1 atom stereocenters. The molecule has 328 valence electrons. The first-order valence-electron chi connectivity index (χ1n) is 21.7. The van der Waals surface area contributed by atoms with Gasteiger partial charge < -0.3 is 14.4 Å². The maximum atomic E-state index is 15.8. The molecule has 5 aromatic rings. The smallest absolute Gasteiger partial charge is 0.329 e. The number of nitrogens with one attached hydrogen (secondary N) is 2. The Hall–Kier alpha value is -5.64. The summed E-state index contributed by atoms with van der Waals surface area (Å²) >= 11 is 1.16. The predicted octanol–water partition coefficient (Wildman–Crippen LogP) is 7.83. The van der Waals surface area contributed by atoms with E-state index in [0.29, 0.717) is 52.4 Å². The van der Waals surface area contributed by atoms with Crippen LogP contribution in [0.5, 0.6) is 11.5 Å². The van der Waals surface area contributed by atoms with Crippen molar-refractivity contribution >= 4 is 57.4 Å². The number of hydrogen-bond acceptors (Lipinski definition) is 11. The Morgan fingerprint density at radius 3 is 2.46 bits per heavy atom. The number of nitriles is 1. The van der Waals surface area contributed by atoms with E-state index in [4.69, 9.17) is 4.74 Å². The number of rotatable bonds is 9. The van der Waals surface area contributed by atoms with Gasteiger partial charge in [0.05, 0.1) is 28.4 Å². The van der Waals surface area contributed by atoms with Gasteiger partial charge in [0.25, 0.3) is 5.56 Å². The molecule has 10 rings (SSSR count). The Morgan fingerprint density at radius 1 is 0.937 bits per heavy atom. The molecule has 1 spiro atoms. The number of piperidine rings is 1. The van der Waals surface area contributed by atoms with E-state index in [0.717, 1.165) is 82.1 Å². The van der Waals surface area contributed by atoms with Crippen molar-refractivity contribution in [2.24, 2.45) is 12.5 Å². The summed E-state index contributed by atoms with van der Waals surface area (Å²) in [5, 5.41) is 17.7. The van der Waals surface area contributed by atoms with Crippen LogP contribution in [-0.2, 0) is 11.8 Å². The molecule has 5 aliphatic rings. The highest BCUT2D eigenvalue weighted by Crippen LogP contribution is 2.55. The van der Waals surface area contributed by atoms with Crippen LogP contribution in [0.1, 0.15) is 87.3 Å². The second-order valence-electron chi connectivity index (χ2n) is 17.8. The lowest BCUT2D eigenvalue weighted by atomic mass is 9.60. The number of carbonyl (C=O) groups is 2. The van der Waals surface area contributed by atoms with E-state index in [1.165, 1.54) is 23.1 Å². The third kappa shape index (κ3) is 7.77. The number of carbonyl (C=O) groups excluding carboxylic acids is 2. The second-order valence-corrected chi connectivity index (χ2v) is 18.7. The van der Waals surface area contributed by atoms with Gasteiger partial charge in [0, 0.05) is 62.7 Å². The summed E-state index contributed by atoms with van der Waals surface area (Å²) in [7, 11) is 1.79. The maximum Gasteiger partial charge on any atom is 0.329 e. The third-order valence-electron chi connectivity index (χ3n) is 14.1. The summed E-state index contributed by atoms with van der Waals surface area (Å²) in [6.45, 7) is 2.96. The van der Waals surface area contributed by atoms with Crippen LogP contribution in [0.3, 0.4) is 0 Å². The molecule has 63 heavy (non-hydrogen) atoms.